The van der Waals surface area contributed by atoms with Gasteiger partial charge in [0.25, 0.3) is 0 Å². The molecule has 1 aliphatic heterocycles. The quantitative estimate of drug-likeness (QED) is 0.695. The number of alkyl carbamates (subject to hydrolysis) is 1. The Morgan fingerprint density at radius 2 is 2.00 bits per heavy atom. The van der Waals surface area contributed by atoms with Crippen molar-refractivity contribution in [3.63, 3.8) is 0 Å². The molecule has 2 aliphatic rings. The second kappa shape index (κ2) is 9.04. The number of carbonyl (C=O) groups excluding carboxylic acids is 1. The van der Waals surface area contributed by atoms with Gasteiger partial charge in [0.15, 0.2) is 0 Å². The second-order valence-corrected chi connectivity index (χ2v) is 8.41. The first-order valence-corrected chi connectivity index (χ1v) is 9.85. The first-order valence-electron chi connectivity index (χ1n) is 9.85. The standard InChI is InChI=1S/C19H37N3O2/c1-5-14(13-21-18(23)24-19(2,3)4)22-17-11-8-9-15(17)16-10-6-7-12-20-16/h14-17,20,22H,5-13H2,1-4H3,(H,21,23). The number of hydrogen-bond acceptors (Lipinski definition) is 4. The average Bonchev–Trinajstić information content (AvgIpc) is 2.98. The minimum absolute atomic E-state index is 0.312. The van der Waals surface area contributed by atoms with Crippen molar-refractivity contribution in [1.82, 2.24) is 16.0 Å². The zero-order valence-corrected chi connectivity index (χ0v) is 16.0. The summed E-state index contributed by atoms with van der Waals surface area (Å²) in [4.78, 5) is 11.9. The van der Waals surface area contributed by atoms with Crippen LogP contribution in [0.3, 0.4) is 0 Å². The summed E-state index contributed by atoms with van der Waals surface area (Å²) in [6.07, 6.45) is 8.58. The van der Waals surface area contributed by atoms with Gasteiger partial charge in [-0.1, -0.05) is 19.8 Å². The Morgan fingerprint density at radius 3 is 2.62 bits per heavy atom. The van der Waals surface area contributed by atoms with Gasteiger partial charge in [0.2, 0.25) is 0 Å². The van der Waals surface area contributed by atoms with Gasteiger partial charge in [0.1, 0.15) is 5.60 Å². The molecule has 3 N–H and O–H groups in total. The summed E-state index contributed by atoms with van der Waals surface area (Å²) in [6, 6.07) is 1.56. The van der Waals surface area contributed by atoms with E-state index in [2.05, 4.69) is 22.9 Å². The maximum absolute atomic E-state index is 11.9. The third-order valence-electron chi connectivity index (χ3n) is 5.27. The highest BCUT2D eigenvalue weighted by Crippen LogP contribution is 2.32. The fraction of sp³-hybridized carbons (Fsp3) is 0.947. The van der Waals surface area contributed by atoms with E-state index in [4.69, 9.17) is 4.74 Å². The second-order valence-electron chi connectivity index (χ2n) is 8.41. The fourth-order valence-electron chi connectivity index (χ4n) is 4.07. The van der Waals surface area contributed by atoms with Crippen molar-refractivity contribution in [3.05, 3.63) is 0 Å². The van der Waals surface area contributed by atoms with Crippen LogP contribution in [0.25, 0.3) is 0 Å². The fourth-order valence-corrected chi connectivity index (χ4v) is 4.07. The molecular formula is C19H37N3O2. The molecule has 5 nitrogen and oxygen atoms in total. The van der Waals surface area contributed by atoms with Crippen molar-refractivity contribution in [2.75, 3.05) is 13.1 Å². The molecule has 0 bridgehead atoms. The van der Waals surface area contributed by atoms with Crippen molar-refractivity contribution in [2.24, 2.45) is 5.92 Å². The number of nitrogens with one attached hydrogen (secondary N) is 3. The van der Waals surface area contributed by atoms with Crippen molar-refractivity contribution >= 4 is 6.09 Å². The Labute approximate surface area is 147 Å². The van der Waals surface area contributed by atoms with E-state index >= 15 is 0 Å². The van der Waals surface area contributed by atoms with Gasteiger partial charge in [-0.2, -0.15) is 0 Å². The van der Waals surface area contributed by atoms with Crippen LogP contribution in [0, 0.1) is 5.92 Å². The molecule has 0 spiro atoms. The van der Waals surface area contributed by atoms with Gasteiger partial charge in [-0.15, -0.1) is 0 Å². The van der Waals surface area contributed by atoms with E-state index in [1.165, 1.54) is 45.1 Å². The van der Waals surface area contributed by atoms with Crippen LogP contribution < -0.4 is 16.0 Å². The molecule has 0 aromatic heterocycles. The van der Waals surface area contributed by atoms with Crippen LogP contribution in [0.4, 0.5) is 4.79 Å². The monoisotopic (exact) mass is 339 g/mol. The van der Waals surface area contributed by atoms with Crippen molar-refractivity contribution in [1.29, 1.82) is 0 Å². The predicted octanol–water partition coefficient (Wildman–Crippen LogP) is 3.19. The lowest BCUT2D eigenvalue weighted by atomic mass is 9.88. The van der Waals surface area contributed by atoms with Crippen LogP contribution in [0.15, 0.2) is 0 Å². The number of ether oxygens (including phenoxy) is 1. The lowest BCUT2D eigenvalue weighted by molar-refractivity contribution is 0.0520. The Morgan fingerprint density at radius 1 is 1.21 bits per heavy atom. The van der Waals surface area contributed by atoms with Crippen LogP contribution in [0.1, 0.15) is 72.6 Å². The topological polar surface area (TPSA) is 62.4 Å². The van der Waals surface area contributed by atoms with E-state index in [1.54, 1.807) is 0 Å². The first-order chi connectivity index (χ1) is 11.4. The van der Waals surface area contributed by atoms with Crippen LogP contribution in [-0.4, -0.2) is 42.9 Å². The molecule has 1 aliphatic carbocycles. The van der Waals surface area contributed by atoms with Crippen LogP contribution >= 0.6 is 0 Å². The van der Waals surface area contributed by atoms with Crippen molar-refractivity contribution in [3.8, 4) is 0 Å². The molecule has 5 heteroatoms. The maximum atomic E-state index is 11.9. The molecule has 4 unspecified atom stereocenters. The van der Waals surface area contributed by atoms with E-state index in [9.17, 15) is 4.79 Å². The van der Waals surface area contributed by atoms with Crippen LogP contribution in [0.5, 0.6) is 0 Å². The normalized spacial score (nSPS) is 29.2. The molecule has 1 amide bonds. The lowest BCUT2D eigenvalue weighted by Crippen LogP contribution is -2.51. The number of hydrogen-bond donors (Lipinski definition) is 3. The van der Waals surface area contributed by atoms with Gasteiger partial charge in [0.05, 0.1) is 0 Å². The number of amides is 1. The Hall–Kier alpha value is -0.810. The summed E-state index contributed by atoms with van der Waals surface area (Å²) >= 11 is 0. The SMILES string of the molecule is CCC(CNC(=O)OC(C)(C)C)NC1CCCC1C1CCCCN1. The summed E-state index contributed by atoms with van der Waals surface area (Å²) in [6.45, 7) is 9.66. The molecule has 1 heterocycles. The largest absolute Gasteiger partial charge is 0.444 e. The van der Waals surface area contributed by atoms with Gasteiger partial charge in [-0.25, -0.2) is 4.79 Å². The summed E-state index contributed by atoms with van der Waals surface area (Å²) in [7, 11) is 0. The number of rotatable bonds is 6. The zero-order chi connectivity index (χ0) is 17.6. The Bertz CT molecular complexity index is 389. The zero-order valence-electron chi connectivity index (χ0n) is 16.0. The van der Waals surface area contributed by atoms with E-state index in [0.717, 1.165) is 12.3 Å². The number of piperidine rings is 1. The third-order valence-corrected chi connectivity index (χ3v) is 5.27. The van der Waals surface area contributed by atoms with Crippen molar-refractivity contribution in [2.45, 2.75) is 96.4 Å². The van der Waals surface area contributed by atoms with E-state index in [0.29, 0.717) is 24.7 Å². The van der Waals surface area contributed by atoms with E-state index in [1.807, 2.05) is 20.8 Å². The molecule has 2 rings (SSSR count). The van der Waals surface area contributed by atoms with Gasteiger partial charge in [0, 0.05) is 24.7 Å². The Balaban J connectivity index is 1.79. The molecule has 140 valence electrons. The minimum atomic E-state index is -0.442. The molecular weight excluding hydrogens is 302 g/mol. The van der Waals surface area contributed by atoms with Gasteiger partial charge in [-0.3, -0.25) is 0 Å². The van der Waals surface area contributed by atoms with E-state index < -0.39 is 5.60 Å². The lowest BCUT2D eigenvalue weighted by Gasteiger charge is -2.35. The summed E-state index contributed by atoms with van der Waals surface area (Å²) < 4.78 is 5.33. The smallest absolute Gasteiger partial charge is 0.407 e. The first kappa shape index (κ1) is 19.5. The minimum Gasteiger partial charge on any atom is -0.444 e. The average molecular weight is 340 g/mol. The third kappa shape index (κ3) is 6.25. The molecule has 2 fully saturated rings. The summed E-state index contributed by atoms with van der Waals surface area (Å²) in [5.74, 6) is 0.737. The highest BCUT2D eigenvalue weighted by atomic mass is 16.6. The van der Waals surface area contributed by atoms with Gasteiger partial charge >= 0.3 is 6.09 Å². The molecule has 1 saturated heterocycles. The van der Waals surface area contributed by atoms with Crippen molar-refractivity contribution < 1.29 is 9.53 Å². The Kier molecular flexibility index (Phi) is 7.35. The molecule has 24 heavy (non-hydrogen) atoms. The highest BCUT2D eigenvalue weighted by Gasteiger charge is 2.35. The molecule has 0 aromatic carbocycles. The summed E-state index contributed by atoms with van der Waals surface area (Å²) in [5.41, 5.74) is -0.442. The molecule has 1 saturated carbocycles. The van der Waals surface area contributed by atoms with E-state index in [-0.39, 0.29) is 6.09 Å². The predicted molar refractivity (Wildman–Crippen MR) is 98.2 cm³/mol. The summed E-state index contributed by atoms with van der Waals surface area (Å²) in [5, 5.41) is 10.5. The molecule has 0 radical (unpaired) electrons. The maximum Gasteiger partial charge on any atom is 0.407 e. The number of carbonyl (C=O) groups is 1. The van der Waals surface area contributed by atoms with Crippen LogP contribution in [-0.2, 0) is 4.74 Å². The van der Waals surface area contributed by atoms with Gasteiger partial charge in [-0.05, 0) is 65.3 Å². The highest BCUT2D eigenvalue weighted by molar-refractivity contribution is 5.67. The molecule has 4 atom stereocenters. The van der Waals surface area contributed by atoms with Crippen LogP contribution in [0.2, 0.25) is 0 Å². The molecule has 0 aromatic rings. The van der Waals surface area contributed by atoms with Gasteiger partial charge < -0.3 is 20.7 Å².